The molecule has 4 heteroatoms. The van der Waals surface area contributed by atoms with Crippen LogP contribution in [0.5, 0.6) is 0 Å². The molecule has 0 saturated carbocycles. The van der Waals surface area contributed by atoms with E-state index in [4.69, 9.17) is 0 Å². The van der Waals surface area contributed by atoms with E-state index in [0.717, 1.165) is 16.9 Å². The van der Waals surface area contributed by atoms with Gasteiger partial charge in [0, 0.05) is 34.8 Å². The van der Waals surface area contributed by atoms with Crippen molar-refractivity contribution in [1.82, 2.24) is 9.88 Å². The van der Waals surface area contributed by atoms with E-state index < -0.39 is 0 Å². The molecule has 0 radical (unpaired) electrons. The minimum atomic E-state index is 0.685. The van der Waals surface area contributed by atoms with E-state index in [1.807, 2.05) is 12.4 Å². The van der Waals surface area contributed by atoms with Crippen LogP contribution in [0.15, 0.2) is 22.9 Å². The number of nitrogens with zero attached hydrogens (tertiary/aromatic N) is 2. The van der Waals surface area contributed by atoms with Gasteiger partial charge in [-0.3, -0.25) is 9.88 Å². The van der Waals surface area contributed by atoms with Crippen LogP contribution in [0.3, 0.4) is 0 Å². The van der Waals surface area contributed by atoms with E-state index in [1.165, 1.54) is 25.1 Å². The van der Waals surface area contributed by atoms with Crippen LogP contribution >= 0.6 is 31.9 Å². The highest BCUT2D eigenvalue weighted by molar-refractivity contribution is 9.10. The number of halogens is 2. The van der Waals surface area contributed by atoms with E-state index in [0.29, 0.717) is 4.83 Å². The van der Waals surface area contributed by atoms with Gasteiger partial charge in [-0.15, -0.1) is 0 Å². The van der Waals surface area contributed by atoms with Crippen molar-refractivity contribution in [2.45, 2.75) is 24.7 Å². The third-order valence-corrected chi connectivity index (χ3v) is 4.85. The first-order chi connectivity index (χ1) is 7.65. The van der Waals surface area contributed by atoms with Crippen molar-refractivity contribution in [3.8, 4) is 0 Å². The van der Waals surface area contributed by atoms with Gasteiger partial charge in [-0.2, -0.15) is 0 Å². The molecule has 2 rings (SSSR count). The summed E-state index contributed by atoms with van der Waals surface area (Å²) in [5.41, 5.74) is 1.29. The number of alkyl halides is 1. The number of piperidine rings is 1. The lowest BCUT2D eigenvalue weighted by Gasteiger charge is -2.34. The molecule has 0 amide bonds. The zero-order valence-electron chi connectivity index (χ0n) is 9.37. The smallest absolute Gasteiger partial charge is 0.0410 e. The Morgan fingerprint density at radius 3 is 3.00 bits per heavy atom. The maximum absolute atomic E-state index is 4.20. The fourth-order valence-corrected chi connectivity index (χ4v) is 2.93. The first-order valence-corrected chi connectivity index (χ1v) is 7.32. The van der Waals surface area contributed by atoms with Gasteiger partial charge in [0.05, 0.1) is 0 Å². The topological polar surface area (TPSA) is 16.1 Å². The highest BCUT2D eigenvalue weighted by Gasteiger charge is 2.23. The molecule has 0 aromatic carbocycles. The molecule has 1 saturated heterocycles. The van der Waals surface area contributed by atoms with Gasteiger partial charge in [-0.05, 0) is 46.4 Å². The summed E-state index contributed by atoms with van der Waals surface area (Å²) in [6, 6.07) is 2.15. The van der Waals surface area contributed by atoms with Crippen molar-refractivity contribution in [3.63, 3.8) is 0 Å². The summed E-state index contributed by atoms with van der Waals surface area (Å²) < 4.78 is 1.06. The number of hydrogen-bond acceptors (Lipinski definition) is 2. The zero-order chi connectivity index (χ0) is 11.5. The van der Waals surface area contributed by atoms with Gasteiger partial charge >= 0.3 is 0 Å². The molecule has 0 bridgehead atoms. The summed E-state index contributed by atoms with van der Waals surface area (Å²) in [7, 11) is 0. The number of pyridine rings is 1. The fraction of sp³-hybridized carbons (Fsp3) is 0.583. The van der Waals surface area contributed by atoms with Gasteiger partial charge in [0.25, 0.3) is 0 Å². The molecule has 16 heavy (non-hydrogen) atoms. The molecular formula is C12H16Br2N2. The lowest BCUT2D eigenvalue weighted by Crippen LogP contribution is -2.39. The fourth-order valence-electron chi connectivity index (χ4n) is 2.15. The zero-order valence-corrected chi connectivity index (χ0v) is 12.5. The van der Waals surface area contributed by atoms with Crippen LogP contribution in [-0.4, -0.2) is 27.8 Å². The van der Waals surface area contributed by atoms with E-state index in [2.05, 4.69) is 54.7 Å². The predicted molar refractivity (Wildman–Crippen MR) is 73.7 cm³/mol. The van der Waals surface area contributed by atoms with Gasteiger partial charge < -0.3 is 0 Å². The van der Waals surface area contributed by atoms with Crippen LogP contribution in [0.2, 0.25) is 0 Å². The van der Waals surface area contributed by atoms with Gasteiger partial charge in [0.15, 0.2) is 0 Å². The van der Waals surface area contributed by atoms with E-state index in [-0.39, 0.29) is 0 Å². The Morgan fingerprint density at radius 2 is 2.31 bits per heavy atom. The Labute approximate surface area is 114 Å². The van der Waals surface area contributed by atoms with Crippen molar-refractivity contribution in [1.29, 1.82) is 0 Å². The lowest BCUT2D eigenvalue weighted by atomic mass is 10.00. The Morgan fingerprint density at radius 1 is 1.50 bits per heavy atom. The molecule has 1 aromatic heterocycles. The summed E-state index contributed by atoms with van der Waals surface area (Å²) in [4.78, 5) is 7.39. The SMILES string of the molecule is CC1CN(Cc2cncc(Br)c2)CCC1Br. The molecule has 0 spiro atoms. The van der Waals surface area contributed by atoms with Crippen molar-refractivity contribution >= 4 is 31.9 Å². The Hall–Kier alpha value is 0.0700. The molecule has 88 valence electrons. The summed E-state index contributed by atoms with van der Waals surface area (Å²) in [6.45, 7) is 5.66. The van der Waals surface area contributed by atoms with Gasteiger partial charge in [0.1, 0.15) is 0 Å². The van der Waals surface area contributed by atoms with Gasteiger partial charge in [0.2, 0.25) is 0 Å². The quantitative estimate of drug-likeness (QED) is 0.762. The van der Waals surface area contributed by atoms with Crippen molar-refractivity contribution in [3.05, 3.63) is 28.5 Å². The minimum absolute atomic E-state index is 0.685. The normalized spacial score (nSPS) is 26.9. The largest absolute Gasteiger partial charge is 0.299 e. The van der Waals surface area contributed by atoms with Crippen LogP contribution in [0.25, 0.3) is 0 Å². The van der Waals surface area contributed by atoms with Crippen LogP contribution in [0.4, 0.5) is 0 Å². The summed E-state index contributed by atoms with van der Waals surface area (Å²) in [5, 5.41) is 0. The van der Waals surface area contributed by atoms with Crippen LogP contribution in [0, 0.1) is 5.92 Å². The molecule has 0 aliphatic carbocycles. The highest BCUT2D eigenvalue weighted by atomic mass is 79.9. The summed E-state index contributed by atoms with van der Waals surface area (Å²) >= 11 is 7.19. The predicted octanol–water partition coefficient (Wildman–Crippen LogP) is 3.45. The van der Waals surface area contributed by atoms with Crippen LogP contribution < -0.4 is 0 Å². The number of aromatic nitrogens is 1. The maximum atomic E-state index is 4.20. The molecule has 1 aromatic rings. The Balaban J connectivity index is 1.95. The molecule has 2 nitrogen and oxygen atoms in total. The second-order valence-electron chi connectivity index (χ2n) is 4.53. The molecule has 2 heterocycles. The van der Waals surface area contributed by atoms with Gasteiger partial charge in [-0.25, -0.2) is 0 Å². The number of hydrogen-bond donors (Lipinski definition) is 0. The lowest BCUT2D eigenvalue weighted by molar-refractivity contribution is 0.183. The highest BCUT2D eigenvalue weighted by Crippen LogP contribution is 2.24. The second kappa shape index (κ2) is 5.61. The van der Waals surface area contributed by atoms with Crippen LogP contribution in [-0.2, 0) is 6.54 Å². The Kier molecular flexibility index (Phi) is 4.39. The average molecular weight is 348 g/mol. The molecule has 0 N–H and O–H groups in total. The third kappa shape index (κ3) is 3.28. The molecular weight excluding hydrogens is 332 g/mol. The standard InChI is InChI=1S/C12H16Br2N2/c1-9-7-16(3-2-12(9)14)8-10-4-11(13)6-15-5-10/h4-6,9,12H,2-3,7-8H2,1H3. The average Bonchev–Trinajstić information content (AvgIpc) is 2.24. The van der Waals surface area contributed by atoms with Gasteiger partial charge in [-0.1, -0.05) is 22.9 Å². The van der Waals surface area contributed by atoms with E-state index >= 15 is 0 Å². The van der Waals surface area contributed by atoms with Crippen LogP contribution in [0.1, 0.15) is 18.9 Å². The Bertz CT molecular complexity index is 357. The van der Waals surface area contributed by atoms with Crippen molar-refractivity contribution in [2.75, 3.05) is 13.1 Å². The molecule has 1 aliphatic rings. The number of rotatable bonds is 2. The molecule has 1 aliphatic heterocycles. The summed E-state index contributed by atoms with van der Waals surface area (Å²) in [5.74, 6) is 0.730. The molecule has 2 atom stereocenters. The number of likely N-dealkylation sites (tertiary alicyclic amines) is 1. The maximum Gasteiger partial charge on any atom is 0.0410 e. The first kappa shape index (κ1) is 12.5. The molecule has 2 unspecified atom stereocenters. The second-order valence-corrected chi connectivity index (χ2v) is 6.62. The van der Waals surface area contributed by atoms with Crippen molar-refractivity contribution < 1.29 is 0 Å². The summed E-state index contributed by atoms with van der Waals surface area (Å²) in [6.07, 6.45) is 5.02. The van der Waals surface area contributed by atoms with Crippen molar-refractivity contribution in [2.24, 2.45) is 5.92 Å². The third-order valence-electron chi connectivity index (χ3n) is 3.05. The van der Waals surface area contributed by atoms with E-state index in [1.54, 1.807) is 0 Å². The first-order valence-electron chi connectivity index (χ1n) is 5.61. The minimum Gasteiger partial charge on any atom is -0.299 e. The van der Waals surface area contributed by atoms with E-state index in [9.17, 15) is 0 Å². The molecule has 1 fully saturated rings. The monoisotopic (exact) mass is 346 g/mol.